The van der Waals surface area contributed by atoms with Crippen molar-refractivity contribution >= 4 is 35.0 Å². The second-order valence-corrected chi connectivity index (χ2v) is 10.6. The maximum Gasteiger partial charge on any atom is 0.339 e. The second-order valence-electron chi connectivity index (χ2n) is 10.6. The second kappa shape index (κ2) is 10.4. The summed E-state index contributed by atoms with van der Waals surface area (Å²) in [5.41, 5.74) is 1.82. The molecule has 0 saturated heterocycles. The van der Waals surface area contributed by atoms with Crippen molar-refractivity contribution in [3.63, 3.8) is 0 Å². The number of ketones is 1. The molecule has 3 aromatic carbocycles. The SMILES string of the molecule is COC(=O)C1=C(C(=O)OC)C2(C(=O)N(Cc3ccccc3)c3ccc(C)cc32)N(c2ccccc2)C2=C1C(=O)CCC2. The summed E-state index contributed by atoms with van der Waals surface area (Å²) in [4.78, 5) is 59.9. The van der Waals surface area contributed by atoms with E-state index in [0.29, 0.717) is 35.5 Å². The molecule has 0 N–H and O–H groups in total. The van der Waals surface area contributed by atoms with Gasteiger partial charge in [-0.2, -0.15) is 0 Å². The van der Waals surface area contributed by atoms with Crippen molar-refractivity contribution in [3.05, 3.63) is 118 Å². The van der Waals surface area contributed by atoms with Gasteiger partial charge in [-0.05, 0) is 43.5 Å². The van der Waals surface area contributed by atoms with Crippen LogP contribution in [0.25, 0.3) is 0 Å². The van der Waals surface area contributed by atoms with Crippen molar-refractivity contribution in [2.75, 3.05) is 24.0 Å². The Labute approximate surface area is 243 Å². The van der Waals surface area contributed by atoms with Crippen LogP contribution in [-0.2, 0) is 40.7 Å². The summed E-state index contributed by atoms with van der Waals surface area (Å²) in [6, 6.07) is 24.4. The maximum atomic E-state index is 15.3. The topological polar surface area (TPSA) is 93.2 Å². The van der Waals surface area contributed by atoms with Crippen LogP contribution in [0, 0.1) is 6.92 Å². The Hall–Kier alpha value is -4.98. The minimum atomic E-state index is -1.84. The zero-order valence-electron chi connectivity index (χ0n) is 23.7. The third-order valence-electron chi connectivity index (χ3n) is 8.22. The van der Waals surface area contributed by atoms with Crippen molar-refractivity contribution < 1.29 is 28.7 Å². The van der Waals surface area contributed by atoms with E-state index in [-0.39, 0.29) is 35.5 Å². The highest BCUT2D eigenvalue weighted by Crippen LogP contribution is 2.57. The molecule has 2 aliphatic heterocycles. The lowest BCUT2D eigenvalue weighted by molar-refractivity contribution is -0.141. The molecule has 8 heteroatoms. The quantitative estimate of drug-likeness (QED) is 0.408. The van der Waals surface area contributed by atoms with E-state index in [1.54, 1.807) is 9.80 Å². The molecule has 0 radical (unpaired) electrons. The van der Waals surface area contributed by atoms with Crippen molar-refractivity contribution in [3.8, 4) is 0 Å². The van der Waals surface area contributed by atoms with Gasteiger partial charge < -0.3 is 19.3 Å². The number of rotatable bonds is 5. The number of hydrogen-bond acceptors (Lipinski definition) is 7. The van der Waals surface area contributed by atoms with E-state index in [1.807, 2.05) is 85.8 Å². The van der Waals surface area contributed by atoms with Gasteiger partial charge in [-0.3, -0.25) is 9.59 Å². The lowest BCUT2D eigenvalue weighted by Crippen LogP contribution is -2.59. The first-order chi connectivity index (χ1) is 20.3. The third-order valence-corrected chi connectivity index (χ3v) is 8.22. The number of methoxy groups -OCH3 is 2. The monoisotopic (exact) mass is 562 g/mol. The number of ether oxygens (including phenoxy) is 2. The van der Waals surface area contributed by atoms with E-state index in [4.69, 9.17) is 9.47 Å². The van der Waals surface area contributed by atoms with E-state index < -0.39 is 23.4 Å². The van der Waals surface area contributed by atoms with Gasteiger partial charge in [-0.1, -0.05) is 66.2 Å². The first-order valence-electron chi connectivity index (χ1n) is 13.8. The highest BCUT2D eigenvalue weighted by atomic mass is 16.5. The van der Waals surface area contributed by atoms with Gasteiger partial charge >= 0.3 is 11.9 Å². The van der Waals surface area contributed by atoms with Crippen molar-refractivity contribution in [1.29, 1.82) is 0 Å². The zero-order chi connectivity index (χ0) is 29.6. The Morgan fingerprint density at radius 1 is 0.857 bits per heavy atom. The molecule has 2 heterocycles. The zero-order valence-corrected chi connectivity index (χ0v) is 23.7. The molecule has 1 unspecified atom stereocenters. The molecule has 1 spiro atoms. The molecule has 8 nitrogen and oxygen atoms in total. The number of esters is 2. The number of anilines is 2. The van der Waals surface area contributed by atoms with E-state index >= 15 is 4.79 Å². The molecule has 212 valence electrons. The number of nitrogens with zero attached hydrogens (tertiary/aromatic N) is 2. The van der Waals surface area contributed by atoms with Crippen molar-refractivity contribution in [2.24, 2.45) is 0 Å². The summed E-state index contributed by atoms with van der Waals surface area (Å²) in [7, 11) is 2.40. The fraction of sp³-hybridized carbons (Fsp3) is 0.235. The van der Waals surface area contributed by atoms with Crippen LogP contribution in [0.2, 0.25) is 0 Å². The van der Waals surface area contributed by atoms with Crippen LogP contribution in [0.3, 0.4) is 0 Å². The van der Waals surface area contributed by atoms with Gasteiger partial charge in [0.15, 0.2) is 11.3 Å². The van der Waals surface area contributed by atoms with Crippen LogP contribution < -0.4 is 9.80 Å². The molecule has 1 aliphatic carbocycles. The third kappa shape index (κ3) is 3.89. The highest BCUT2D eigenvalue weighted by Gasteiger charge is 2.64. The van der Waals surface area contributed by atoms with E-state index in [9.17, 15) is 14.4 Å². The van der Waals surface area contributed by atoms with E-state index in [1.165, 1.54) is 14.2 Å². The number of allylic oxidation sites excluding steroid dienone is 1. The number of aryl methyl sites for hydroxylation is 1. The number of carbonyl (C=O) groups excluding carboxylic acids is 4. The number of carbonyl (C=O) groups is 4. The van der Waals surface area contributed by atoms with E-state index in [2.05, 4.69) is 0 Å². The first-order valence-corrected chi connectivity index (χ1v) is 13.8. The van der Waals surface area contributed by atoms with Crippen LogP contribution in [-0.4, -0.2) is 37.8 Å². The minimum Gasteiger partial charge on any atom is -0.466 e. The van der Waals surface area contributed by atoms with Crippen molar-refractivity contribution in [1.82, 2.24) is 0 Å². The predicted octanol–water partition coefficient (Wildman–Crippen LogP) is 4.91. The molecule has 3 aromatic rings. The number of hydrogen-bond donors (Lipinski definition) is 0. The van der Waals surface area contributed by atoms with E-state index in [0.717, 1.165) is 11.1 Å². The Bertz CT molecular complexity index is 1690. The molecule has 1 amide bonds. The molecular weight excluding hydrogens is 532 g/mol. The molecular formula is C34H30N2O6. The van der Waals surface area contributed by atoms with Gasteiger partial charge in [-0.15, -0.1) is 0 Å². The number of Topliss-reactive ketones (excluding diaryl/α,β-unsaturated/α-hetero) is 1. The van der Waals surface area contributed by atoms with Gasteiger partial charge in [-0.25, -0.2) is 9.59 Å². The Morgan fingerprint density at radius 2 is 1.52 bits per heavy atom. The van der Waals surface area contributed by atoms with Crippen LogP contribution in [0.1, 0.15) is 36.0 Å². The Kier molecular flexibility index (Phi) is 6.77. The summed E-state index contributed by atoms with van der Waals surface area (Å²) >= 11 is 0. The predicted molar refractivity (Wildman–Crippen MR) is 156 cm³/mol. The molecule has 3 aliphatic rings. The Morgan fingerprint density at radius 3 is 2.19 bits per heavy atom. The molecule has 42 heavy (non-hydrogen) atoms. The molecule has 0 fully saturated rings. The fourth-order valence-corrected chi connectivity index (χ4v) is 6.51. The summed E-state index contributed by atoms with van der Waals surface area (Å²) in [6.07, 6.45) is 1.15. The maximum absolute atomic E-state index is 15.3. The summed E-state index contributed by atoms with van der Waals surface area (Å²) in [5, 5.41) is 0. The largest absolute Gasteiger partial charge is 0.466 e. The van der Waals surface area contributed by atoms with Gasteiger partial charge in [0.2, 0.25) is 0 Å². The van der Waals surface area contributed by atoms with Crippen LogP contribution >= 0.6 is 0 Å². The van der Waals surface area contributed by atoms with Gasteiger partial charge in [0.1, 0.15) is 0 Å². The molecule has 0 bridgehead atoms. The fourth-order valence-electron chi connectivity index (χ4n) is 6.51. The average molecular weight is 563 g/mol. The number of benzene rings is 3. The number of para-hydroxylation sites is 1. The van der Waals surface area contributed by atoms with Gasteiger partial charge in [0.25, 0.3) is 5.91 Å². The molecule has 0 saturated carbocycles. The average Bonchev–Trinajstić information content (AvgIpc) is 3.23. The lowest BCUT2D eigenvalue weighted by Gasteiger charge is -2.48. The standard InChI is InChI=1S/C34H30N2O6/c1-21-17-18-25-24(19-21)34(33(40)35(25)20-22-11-6-4-7-12-22)30(32(39)42-3)29(31(38)41-2)28-26(15-10-16-27(28)37)36(34)23-13-8-5-9-14-23/h4-9,11-14,17-19H,10,15-16,20H2,1-3H3. The smallest absolute Gasteiger partial charge is 0.339 e. The minimum absolute atomic E-state index is 0.103. The van der Waals surface area contributed by atoms with Crippen LogP contribution in [0.15, 0.2) is 101 Å². The lowest BCUT2D eigenvalue weighted by atomic mass is 9.71. The van der Waals surface area contributed by atoms with Gasteiger partial charge in [0, 0.05) is 23.4 Å². The van der Waals surface area contributed by atoms with Crippen LogP contribution in [0.4, 0.5) is 11.4 Å². The summed E-state index contributed by atoms with van der Waals surface area (Å²) in [5.74, 6) is -2.47. The summed E-state index contributed by atoms with van der Waals surface area (Å²) in [6.45, 7) is 2.14. The first kappa shape index (κ1) is 27.2. The molecule has 0 aromatic heterocycles. The summed E-state index contributed by atoms with van der Waals surface area (Å²) < 4.78 is 10.5. The van der Waals surface area contributed by atoms with Gasteiger partial charge in [0.05, 0.1) is 43.2 Å². The van der Waals surface area contributed by atoms with Crippen molar-refractivity contribution in [2.45, 2.75) is 38.3 Å². The number of amides is 1. The number of fused-ring (bicyclic) bond motifs is 2. The molecule has 1 atom stereocenters. The van der Waals surface area contributed by atoms with Crippen LogP contribution in [0.5, 0.6) is 0 Å². The molecule has 6 rings (SSSR count). The normalized spacial score (nSPS) is 19.7. The highest BCUT2D eigenvalue weighted by molar-refractivity contribution is 6.24. The Balaban J connectivity index is 1.77.